The molecule has 3 N–H and O–H groups in total. The Morgan fingerprint density at radius 2 is 1.90 bits per heavy atom. The maximum atomic E-state index is 14.3. The second kappa shape index (κ2) is 11.7. The number of halogens is 1. The molecule has 0 saturated carbocycles. The largest absolute Gasteiger partial charge is 0.496 e. The van der Waals surface area contributed by atoms with Gasteiger partial charge in [-0.1, -0.05) is 0 Å². The third kappa shape index (κ3) is 5.75. The zero-order valence-corrected chi connectivity index (χ0v) is 23.3. The molecule has 3 rings (SSSR count). The van der Waals surface area contributed by atoms with Crippen LogP contribution in [-0.2, 0) is 21.6 Å². The first-order valence-electron chi connectivity index (χ1n) is 12.2. The minimum Gasteiger partial charge on any atom is -0.496 e. The van der Waals surface area contributed by atoms with Crippen LogP contribution in [0.3, 0.4) is 0 Å². The fraction of sp³-hybridized carbons (Fsp3) is 0.462. The Balaban J connectivity index is 2.39. The Morgan fingerprint density at radius 3 is 2.46 bits per heavy atom. The lowest BCUT2D eigenvalue weighted by molar-refractivity contribution is -0.129. The van der Waals surface area contributed by atoms with Gasteiger partial charge in [-0.25, -0.2) is 18.5 Å². The summed E-state index contributed by atoms with van der Waals surface area (Å²) >= 11 is 0.739. The van der Waals surface area contributed by atoms with Crippen molar-refractivity contribution in [2.45, 2.75) is 58.8 Å². The number of methoxy groups -OCH3 is 1. The second-order valence-corrected chi connectivity index (χ2v) is 10.7. The fourth-order valence-corrected chi connectivity index (χ4v) is 5.44. The zero-order valence-electron chi connectivity index (χ0n) is 22.5. The van der Waals surface area contributed by atoms with E-state index in [0.717, 1.165) is 20.5 Å². The quantitative estimate of drug-likeness (QED) is 0.321. The monoisotopic (exact) mass is 565 g/mol. The molecule has 1 atom stereocenters. The number of rotatable bonds is 11. The summed E-state index contributed by atoms with van der Waals surface area (Å²) in [7, 11) is 1.38. The van der Waals surface area contributed by atoms with E-state index in [1.54, 1.807) is 13.8 Å². The lowest BCUT2D eigenvalue weighted by atomic mass is 10.0. The highest BCUT2D eigenvalue weighted by Gasteiger charge is 2.36. The number of amides is 1. The summed E-state index contributed by atoms with van der Waals surface area (Å²) in [5.74, 6) is -2.22. The molecule has 0 aliphatic carbocycles. The summed E-state index contributed by atoms with van der Waals surface area (Å²) in [6, 6.07) is 3.46. The van der Waals surface area contributed by atoms with Crippen LogP contribution in [0.15, 0.2) is 27.8 Å². The smallest absolute Gasteiger partial charge is 0.346 e. The molecule has 2 aromatic heterocycles. The van der Waals surface area contributed by atoms with Gasteiger partial charge in [0.25, 0.3) is 5.56 Å². The number of hydrogen-bond donors (Lipinski definition) is 3. The van der Waals surface area contributed by atoms with Gasteiger partial charge in [0, 0.05) is 11.6 Å². The van der Waals surface area contributed by atoms with Crippen molar-refractivity contribution in [1.82, 2.24) is 14.5 Å². The zero-order chi connectivity index (χ0) is 29.2. The lowest BCUT2D eigenvalue weighted by Crippen LogP contribution is -2.56. The number of carboxylic acid groups (broad SMARTS) is 1. The molecule has 1 aromatic carbocycles. The van der Waals surface area contributed by atoms with E-state index in [9.17, 15) is 33.8 Å². The average molecular weight is 566 g/mol. The number of thiophene rings is 1. The van der Waals surface area contributed by atoms with Crippen molar-refractivity contribution in [2.24, 2.45) is 0 Å². The number of nitrogens with one attached hydrogen (secondary N) is 1. The summed E-state index contributed by atoms with van der Waals surface area (Å²) < 4.78 is 27.4. The van der Waals surface area contributed by atoms with Crippen molar-refractivity contribution in [2.75, 3.05) is 20.3 Å². The molecule has 0 saturated heterocycles. The number of fused-ring (bicyclic) bond motifs is 1. The van der Waals surface area contributed by atoms with Gasteiger partial charge in [0.2, 0.25) is 5.91 Å². The van der Waals surface area contributed by atoms with Crippen LogP contribution in [0.2, 0.25) is 0 Å². The number of aromatic carboxylic acids is 1. The van der Waals surface area contributed by atoms with E-state index in [-0.39, 0.29) is 57.8 Å². The number of carbonyl (C=O) groups excluding carboxylic acids is 1. The normalized spacial score (nSPS) is 12.6. The van der Waals surface area contributed by atoms with Gasteiger partial charge in [0.15, 0.2) is 0 Å². The van der Waals surface area contributed by atoms with Gasteiger partial charge in [-0.05, 0) is 58.4 Å². The van der Waals surface area contributed by atoms with Gasteiger partial charge >= 0.3 is 11.7 Å². The highest BCUT2D eigenvalue weighted by Crippen LogP contribution is 2.33. The number of aryl methyl sites for hydroxylation is 1. The molecule has 39 heavy (non-hydrogen) atoms. The minimum atomic E-state index is -1.66. The minimum absolute atomic E-state index is 0.0328. The molecule has 0 spiro atoms. The molecular formula is C26H32FN3O8S. The molecule has 11 nitrogen and oxygen atoms in total. The van der Waals surface area contributed by atoms with Gasteiger partial charge in [0.1, 0.15) is 32.9 Å². The number of ether oxygens (including phenoxy) is 2. The molecule has 1 amide bonds. The number of nitrogens with zero attached hydrogens (tertiary/aromatic N) is 2. The molecular weight excluding hydrogens is 533 g/mol. The highest BCUT2D eigenvalue weighted by molar-refractivity contribution is 7.20. The first-order chi connectivity index (χ1) is 18.3. The van der Waals surface area contributed by atoms with Crippen molar-refractivity contribution in [3.8, 4) is 5.75 Å². The number of benzene rings is 1. The van der Waals surface area contributed by atoms with E-state index in [1.165, 1.54) is 46.1 Å². The SMILES string of the molecule is COc1ccc(F)cc1[C@H](Cn1c(=O)n(C(C)(C)C(=O)NC(C)C)c(=O)c2c(C)c(C(=O)O)sc21)OCCO. The molecule has 0 bridgehead atoms. The molecule has 0 unspecified atom stereocenters. The second-order valence-electron chi connectivity index (χ2n) is 9.73. The van der Waals surface area contributed by atoms with E-state index in [1.807, 2.05) is 0 Å². The van der Waals surface area contributed by atoms with Crippen LogP contribution in [0, 0.1) is 12.7 Å². The summed E-state index contributed by atoms with van der Waals surface area (Å²) in [5.41, 5.74) is -2.99. The summed E-state index contributed by atoms with van der Waals surface area (Å²) in [4.78, 5) is 52.7. The van der Waals surface area contributed by atoms with E-state index in [4.69, 9.17) is 9.47 Å². The number of aromatic nitrogens is 2. The van der Waals surface area contributed by atoms with Crippen LogP contribution in [0.25, 0.3) is 10.2 Å². The average Bonchev–Trinajstić information content (AvgIpc) is 3.20. The molecule has 3 aromatic rings. The Morgan fingerprint density at radius 1 is 1.23 bits per heavy atom. The summed E-state index contributed by atoms with van der Waals surface area (Å²) in [5, 5.41) is 21.8. The molecule has 0 radical (unpaired) electrons. The molecule has 0 aliphatic heterocycles. The van der Waals surface area contributed by atoms with Crippen molar-refractivity contribution < 1.29 is 33.7 Å². The van der Waals surface area contributed by atoms with E-state index in [2.05, 4.69) is 5.32 Å². The lowest BCUT2D eigenvalue weighted by Gasteiger charge is -2.28. The van der Waals surface area contributed by atoms with Gasteiger partial charge in [0.05, 0.1) is 32.3 Å². The number of carboxylic acids is 1. The van der Waals surface area contributed by atoms with Gasteiger partial charge in [-0.2, -0.15) is 0 Å². The van der Waals surface area contributed by atoms with Crippen molar-refractivity contribution in [3.63, 3.8) is 0 Å². The first-order valence-corrected chi connectivity index (χ1v) is 13.0. The highest BCUT2D eigenvalue weighted by atomic mass is 32.1. The van der Waals surface area contributed by atoms with Gasteiger partial charge < -0.3 is 25.0 Å². The molecule has 13 heteroatoms. The molecule has 0 aliphatic rings. The van der Waals surface area contributed by atoms with Crippen LogP contribution < -0.4 is 21.3 Å². The van der Waals surface area contributed by atoms with Crippen LogP contribution in [-0.4, -0.2) is 57.6 Å². The van der Waals surface area contributed by atoms with Crippen molar-refractivity contribution >= 4 is 33.4 Å². The van der Waals surface area contributed by atoms with Gasteiger partial charge in [-0.3, -0.25) is 14.2 Å². The van der Waals surface area contributed by atoms with E-state index >= 15 is 0 Å². The summed E-state index contributed by atoms with van der Waals surface area (Å²) in [6.07, 6.45) is -1.06. The molecule has 0 fully saturated rings. The number of carbonyl (C=O) groups is 2. The van der Waals surface area contributed by atoms with Crippen LogP contribution in [0.4, 0.5) is 4.39 Å². The molecule has 212 valence electrons. The van der Waals surface area contributed by atoms with E-state index in [0.29, 0.717) is 0 Å². The Bertz CT molecular complexity index is 1520. The third-order valence-electron chi connectivity index (χ3n) is 6.24. The fourth-order valence-electron chi connectivity index (χ4n) is 4.30. The van der Waals surface area contributed by atoms with Crippen LogP contribution >= 0.6 is 11.3 Å². The van der Waals surface area contributed by atoms with Crippen LogP contribution in [0.5, 0.6) is 5.75 Å². The maximum Gasteiger partial charge on any atom is 0.346 e. The Labute approximate surface area is 227 Å². The standard InChI is InChI=1S/C26H32FN3O8S/c1-13(2)28-24(35)26(4,5)30-21(32)19-14(3)20(23(33)34)39-22(19)29(25(30)36)12-18(38-10-9-31)16-11-15(27)7-8-17(16)37-6/h7-8,11,13,18,31H,9-10,12H2,1-6H3,(H,28,35)(H,33,34)/t18-/m0/s1. The van der Waals surface area contributed by atoms with Crippen molar-refractivity contribution in [1.29, 1.82) is 0 Å². The van der Waals surface area contributed by atoms with Crippen molar-refractivity contribution in [3.05, 3.63) is 60.9 Å². The molecule has 2 heterocycles. The third-order valence-corrected chi connectivity index (χ3v) is 7.54. The number of hydrogen-bond acceptors (Lipinski definition) is 8. The van der Waals surface area contributed by atoms with Crippen LogP contribution in [0.1, 0.15) is 54.6 Å². The predicted octanol–water partition coefficient (Wildman–Crippen LogP) is 2.39. The number of aliphatic hydroxyl groups is 1. The van der Waals surface area contributed by atoms with E-state index < -0.39 is 40.6 Å². The first kappa shape index (κ1) is 30.0. The number of aliphatic hydroxyl groups excluding tert-OH is 1. The summed E-state index contributed by atoms with van der Waals surface area (Å²) in [6.45, 7) is 6.90. The van der Waals surface area contributed by atoms with Gasteiger partial charge in [-0.15, -0.1) is 11.3 Å². The predicted molar refractivity (Wildman–Crippen MR) is 143 cm³/mol. The Kier molecular flexibility index (Phi) is 8.98. The topological polar surface area (TPSA) is 149 Å². The maximum absolute atomic E-state index is 14.3. The Hall–Kier alpha value is -3.55.